The van der Waals surface area contributed by atoms with E-state index in [0.29, 0.717) is 11.5 Å². The number of anilines is 1. The number of nitrogens with one attached hydrogen (secondary N) is 3. The van der Waals surface area contributed by atoms with Gasteiger partial charge in [0.05, 0.1) is 16.0 Å². The van der Waals surface area contributed by atoms with Crippen molar-refractivity contribution in [1.82, 2.24) is 25.4 Å². The molecule has 3 heterocycles. The van der Waals surface area contributed by atoms with Crippen LogP contribution >= 0.6 is 0 Å². The lowest BCUT2D eigenvalue weighted by Gasteiger charge is -2.33. The van der Waals surface area contributed by atoms with Gasteiger partial charge in [-0.3, -0.25) is 14.8 Å². The molecule has 1 aliphatic rings. The van der Waals surface area contributed by atoms with Gasteiger partial charge in [0, 0.05) is 36.9 Å². The first-order chi connectivity index (χ1) is 17.9. The Morgan fingerprint density at radius 1 is 1.33 bits per heavy atom. The van der Waals surface area contributed by atoms with Crippen LogP contribution in [0.5, 0.6) is 0 Å². The third-order valence-electron chi connectivity index (χ3n) is 6.00. The number of aryl methyl sites for hydroxylation is 2. The average Bonchev–Trinajstić information content (AvgIpc) is 3.23. The zero-order valence-electron chi connectivity index (χ0n) is 23.1. The summed E-state index contributed by atoms with van der Waals surface area (Å²) in [6.07, 6.45) is 3.40. The number of hydrogen-bond acceptors (Lipinski definition) is 9. The second-order valence-corrected chi connectivity index (χ2v) is 12.6. The number of sulfone groups is 1. The van der Waals surface area contributed by atoms with Gasteiger partial charge in [-0.1, -0.05) is 6.58 Å². The van der Waals surface area contributed by atoms with E-state index in [1.807, 2.05) is 13.0 Å². The molecule has 0 fully saturated rings. The maximum Gasteiger partial charge on any atom is 0.413 e. The molecule has 0 aliphatic carbocycles. The second kappa shape index (κ2) is 10.5. The van der Waals surface area contributed by atoms with Crippen LogP contribution in [0, 0.1) is 25.2 Å². The van der Waals surface area contributed by atoms with Gasteiger partial charge in [-0.2, -0.15) is 10.4 Å². The number of nitrogens with zero attached hydrogens (tertiary/aromatic N) is 4. The highest BCUT2D eigenvalue weighted by atomic mass is 32.2. The molecule has 1 atom stereocenters. The van der Waals surface area contributed by atoms with Gasteiger partial charge in [0.15, 0.2) is 15.5 Å². The van der Waals surface area contributed by atoms with E-state index >= 15 is 0 Å². The molecule has 0 aromatic carbocycles. The Morgan fingerprint density at radius 3 is 2.56 bits per heavy atom. The Hall–Kier alpha value is -4.18. The van der Waals surface area contributed by atoms with Crippen LogP contribution in [0.3, 0.4) is 0 Å². The molecular weight excluding hydrogens is 522 g/mol. The molecule has 13 heteroatoms. The van der Waals surface area contributed by atoms with Gasteiger partial charge < -0.3 is 15.4 Å². The van der Waals surface area contributed by atoms with Crippen molar-refractivity contribution < 1.29 is 22.7 Å². The fraction of sp³-hybridized carbons (Fsp3) is 0.423. The number of ether oxygens (including phenoxy) is 1. The molecule has 0 saturated heterocycles. The molecule has 0 bridgehead atoms. The maximum absolute atomic E-state index is 13.1. The lowest BCUT2D eigenvalue weighted by Crippen LogP contribution is -2.44. The number of carbonyl (C=O) groups excluding carboxylic acids is 2. The number of aromatic nitrogens is 3. The van der Waals surface area contributed by atoms with Gasteiger partial charge in [-0.15, -0.1) is 0 Å². The lowest BCUT2D eigenvalue weighted by atomic mass is 9.98. The normalized spacial score (nSPS) is 17.5. The summed E-state index contributed by atoms with van der Waals surface area (Å²) in [6.45, 7) is 14.7. The summed E-state index contributed by atoms with van der Waals surface area (Å²) in [5.74, 6) is -0.211. The van der Waals surface area contributed by atoms with E-state index < -0.39 is 33.0 Å². The first-order valence-electron chi connectivity index (χ1n) is 12.0. The van der Waals surface area contributed by atoms with Gasteiger partial charge in [-0.25, -0.2) is 18.2 Å². The van der Waals surface area contributed by atoms with Crippen LogP contribution in [0.4, 0.5) is 10.6 Å². The Bertz CT molecular complexity index is 1500. The van der Waals surface area contributed by atoms with Crippen molar-refractivity contribution in [3.8, 4) is 6.07 Å². The quantitative estimate of drug-likeness (QED) is 0.485. The Balaban J connectivity index is 1.81. The summed E-state index contributed by atoms with van der Waals surface area (Å²) in [6, 6.07) is 3.61. The van der Waals surface area contributed by atoms with Crippen LogP contribution in [-0.2, 0) is 26.7 Å². The van der Waals surface area contributed by atoms with Crippen molar-refractivity contribution in [2.45, 2.75) is 59.2 Å². The van der Waals surface area contributed by atoms with Crippen LogP contribution in [0.2, 0.25) is 0 Å². The van der Waals surface area contributed by atoms with Gasteiger partial charge in [0.2, 0.25) is 0 Å². The summed E-state index contributed by atoms with van der Waals surface area (Å²) < 4.78 is 31.1. The number of carbonyl (C=O) groups is 2. The number of amides is 2. The molecule has 3 rings (SSSR count). The maximum atomic E-state index is 13.1. The van der Waals surface area contributed by atoms with Crippen LogP contribution in [0.25, 0.3) is 0 Å². The van der Waals surface area contributed by atoms with E-state index in [2.05, 4.69) is 32.6 Å². The topological polar surface area (TPSA) is 168 Å². The monoisotopic (exact) mass is 555 g/mol. The lowest BCUT2D eigenvalue weighted by molar-refractivity contribution is 0.0635. The van der Waals surface area contributed by atoms with E-state index in [0.717, 1.165) is 17.4 Å². The average molecular weight is 556 g/mol. The van der Waals surface area contributed by atoms with Crippen molar-refractivity contribution in [2.75, 3.05) is 18.1 Å². The number of hydrogen-bond donors (Lipinski definition) is 3. The van der Waals surface area contributed by atoms with Crippen LogP contribution in [0.15, 0.2) is 35.5 Å². The third-order valence-corrected chi connectivity index (χ3v) is 7.16. The Kier molecular flexibility index (Phi) is 7.93. The molecule has 2 amide bonds. The second-order valence-electron chi connectivity index (χ2n) is 10.6. The molecule has 0 saturated carbocycles. The van der Waals surface area contributed by atoms with Crippen molar-refractivity contribution in [3.05, 3.63) is 63.6 Å². The first-order valence-corrected chi connectivity index (χ1v) is 13.9. The number of rotatable bonds is 6. The minimum absolute atomic E-state index is 0.0271. The van der Waals surface area contributed by atoms with Crippen LogP contribution in [-0.4, -0.2) is 53.6 Å². The van der Waals surface area contributed by atoms with E-state index in [9.17, 15) is 23.3 Å². The highest BCUT2D eigenvalue weighted by molar-refractivity contribution is 7.94. The predicted molar refractivity (Wildman–Crippen MR) is 145 cm³/mol. The van der Waals surface area contributed by atoms with Crippen molar-refractivity contribution >= 4 is 27.7 Å². The standard InChI is InChI=1S/C26H33N7O5S/c1-15-9-22(31-24(35)38-25(4,5)6)30-16(2)18(15)12-28-23(34)19-13-33(32-20(19)11-27)26(7)10-21(39(8,36)37)17(3)29-14-26/h9-10,13,29H,3,12,14H2,1-2,4-8H3,(H,28,34)(H,30,31,35). The van der Waals surface area contributed by atoms with E-state index in [1.165, 1.54) is 17.0 Å². The highest BCUT2D eigenvalue weighted by Gasteiger charge is 2.34. The zero-order valence-corrected chi connectivity index (χ0v) is 23.9. The van der Waals surface area contributed by atoms with E-state index in [-0.39, 0.29) is 34.9 Å². The SMILES string of the molecule is C=C1NCC(C)(n2cc(C(=O)NCc3c(C)cc(NC(=O)OC(C)(C)C)nc3C)c(C#N)n2)C=C1S(C)(=O)=O. The smallest absolute Gasteiger partial charge is 0.413 e. The minimum atomic E-state index is -3.57. The minimum Gasteiger partial charge on any atom is -0.444 e. The fourth-order valence-corrected chi connectivity index (χ4v) is 5.00. The zero-order chi connectivity index (χ0) is 29.3. The molecule has 1 aliphatic heterocycles. The molecule has 0 spiro atoms. The number of nitriles is 1. The number of pyridine rings is 1. The Morgan fingerprint density at radius 2 is 2.00 bits per heavy atom. The molecule has 2 aromatic rings. The van der Waals surface area contributed by atoms with Crippen LogP contribution in [0.1, 0.15) is 60.6 Å². The van der Waals surface area contributed by atoms with Crippen molar-refractivity contribution in [1.29, 1.82) is 5.26 Å². The van der Waals surface area contributed by atoms with E-state index in [1.54, 1.807) is 40.7 Å². The molecule has 39 heavy (non-hydrogen) atoms. The third kappa shape index (κ3) is 6.83. The van der Waals surface area contributed by atoms with Crippen LogP contribution < -0.4 is 16.0 Å². The van der Waals surface area contributed by atoms with Gasteiger partial charge >= 0.3 is 6.09 Å². The molecule has 1 unspecified atom stereocenters. The summed E-state index contributed by atoms with van der Waals surface area (Å²) in [5.41, 5.74) is 0.707. The van der Waals surface area contributed by atoms with Crippen molar-refractivity contribution in [3.63, 3.8) is 0 Å². The predicted octanol–water partition coefficient (Wildman–Crippen LogP) is 2.80. The first kappa shape index (κ1) is 29.4. The fourth-order valence-electron chi connectivity index (χ4n) is 4.02. The summed E-state index contributed by atoms with van der Waals surface area (Å²) in [4.78, 5) is 29.6. The molecule has 0 radical (unpaired) electrons. The van der Waals surface area contributed by atoms with E-state index in [4.69, 9.17) is 4.74 Å². The molecule has 2 aromatic heterocycles. The van der Waals surface area contributed by atoms with Gasteiger partial charge in [-0.05, 0) is 64.8 Å². The molecule has 208 valence electrons. The molecule has 12 nitrogen and oxygen atoms in total. The summed E-state index contributed by atoms with van der Waals surface area (Å²) in [7, 11) is -3.57. The molecule has 3 N–H and O–H groups in total. The summed E-state index contributed by atoms with van der Waals surface area (Å²) in [5, 5.41) is 22.3. The van der Waals surface area contributed by atoms with Crippen molar-refractivity contribution in [2.24, 2.45) is 0 Å². The molecular formula is C26H33N7O5S. The summed E-state index contributed by atoms with van der Waals surface area (Å²) >= 11 is 0. The van der Waals surface area contributed by atoms with Gasteiger partial charge in [0.25, 0.3) is 5.91 Å². The van der Waals surface area contributed by atoms with Gasteiger partial charge in [0.1, 0.15) is 17.5 Å². The largest absolute Gasteiger partial charge is 0.444 e. The Labute approximate surface area is 228 Å². The highest BCUT2D eigenvalue weighted by Crippen LogP contribution is 2.29.